The highest BCUT2D eigenvalue weighted by atomic mass is 35.5. The van der Waals surface area contributed by atoms with Crippen molar-refractivity contribution in [2.45, 2.75) is 26.7 Å². The Labute approximate surface area is 155 Å². The highest BCUT2D eigenvalue weighted by molar-refractivity contribution is 7.92. The normalized spacial score (nSPS) is 16.9. The molecule has 1 aliphatic heterocycles. The van der Waals surface area contributed by atoms with Gasteiger partial charge in [-0.25, -0.2) is 8.42 Å². The summed E-state index contributed by atoms with van der Waals surface area (Å²) < 4.78 is 25.7. The molecule has 0 aromatic heterocycles. The molecule has 0 aliphatic carbocycles. The number of hydrogen-bond donors (Lipinski definition) is 2. The summed E-state index contributed by atoms with van der Waals surface area (Å²) in [5, 5.41) is 3.15. The third-order valence-electron chi connectivity index (χ3n) is 4.60. The van der Waals surface area contributed by atoms with Gasteiger partial charge in [-0.3, -0.25) is 9.10 Å². The fourth-order valence-electron chi connectivity index (χ4n) is 2.97. The van der Waals surface area contributed by atoms with Crippen LogP contribution in [0.2, 0.25) is 5.02 Å². The third-order valence-corrected chi connectivity index (χ3v) is 6.78. The predicted molar refractivity (Wildman–Crippen MR) is 101 cm³/mol. The highest BCUT2D eigenvalue weighted by Crippen LogP contribution is 2.28. The number of nitrogens with one attached hydrogen (secondary N) is 2. The van der Waals surface area contributed by atoms with Crippen molar-refractivity contribution in [1.29, 1.82) is 0 Å². The van der Waals surface area contributed by atoms with Crippen LogP contribution >= 0.6 is 11.6 Å². The molecule has 1 fully saturated rings. The Morgan fingerprint density at radius 1 is 1.28 bits per heavy atom. The first kappa shape index (κ1) is 20.0. The molecule has 6 nitrogen and oxygen atoms in total. The first-order valence-corrected chi connectivity index (χ1v) is 10.8. The van der Waals surface area contributed by atoms with E-state index in [0.717, 1.165) is 26.1 Å². The number of amides is 1. The molecular weight excluding hydrogens is 362 g/mol. The molecule has 2 rings (SSSR count). The van der Waals surface area contributed by atoms with Gasteiger partial charge in [-0.05, 0) is 44.9 Å². The molecule has 1 aliphatic rings. The van der Waals surface area contributed by atoms with Gasteiger partial charge in [0.15, 0.2) is 0 Å². The summed E-state index contributed by atoms with van der Waals surface area (Å²) in [6.07, 6.45) is 1.51. The number of benzene rings is 1. The molecule has 0 radical (unpaired) electrons. The SMILES string of the molecule is CC[NH+](CC)CCNC(=O)c1ccc(N2CCCCS2(=O)=O)cc1Cl. The molecule has 1 aromatic rings. The second kappa shape index (κ2) is 8.87. The third kappa shape index (κ3) is 5.09. The molecule has 0 spiro atoms. The highest BCUT2D eigenvalue weighted by Gasteiger charge is 2.26. The molecule has 0 unspecified atom stereocenters. The number of halogens is 1. The number of nitrogens with zero attached hydrogens (tertiary/aromatic N) is 1. The van der Waals surface area contributed by atoms with Gasteiger partial charge in [0.05, 0.1) is 48.2 Å². The lowest BCUT2D eigenvalue weighted by Crippen LogP contribution is -3.12. The average molecular weight is 389 g/mol. The summed E-state index contributed by atoms with van der Waals surface area (Å²) >= 11 is 6.25. The van der Waals surface area contributed by atoms with Gasteiger partial charge in [0.2, 0.25) is 10.0 Å². The van der Waals surface area contributed by atoms with Crippen molar-refractivity contribution in [2.75, 3.05) is 42.8 Å². The quantitative estimate of drug-likeness (QED) is 0.729. The van der Waals surface area contributed by atoms with Crippen LogP contribution < -0.4 is 14.5 Å². The zero-order valence-corrected chi connectivity index (χ0v) is 16.4. The fraction of sp³-hybridized carbons (Fsp3) is 0.588. The minimum absolute atomic E-state index is 0.153. The molecule has 8 heteroatoms. The van der Waals surface area contributed by atoms with E-state index in [0.29, 0.717) is 30.8 Å². The van der Waals surface area contributed by atoms with Crippen LogP contribution in [0.4, 0.5) is 5.69 Å². The van der Waals surface area contributed by atoms with Crippen LogP contribution in [-0.4, -0.2) is 52.8 Å². The number of carbonyl (C=O) groups excluding carboxylic acids is 1. The largest absolute Gasteiger partial charge is 0.346 e. The Morgan fingerprint density at radius 3 is 2.60 bits per heavy atom. The number of sulfonamides is 1. The number of likely N-dealkylation sites (N-methyl/N-ethyl adjacent to an activating group) is 1. The number of hydrogen-bond acceptors (Lipinski definition) is 3. The van der Waals surface area contributed by atoms with Crippen molar-refractivity contribution < 1.29 is 18.1 Å². The van der Waals surface area contributed by atoms with E-state index >= 15 is 0 Å². The molecule has 1 saturated heterocycles. The van der Waals surface area contributed by atoms with E-state index in [-0.39, 0.29) is 16.7 Å². The van der Waals surface area contributed by atoms with Crippen molar-refractivity contribution in [2.24, 2.45) is 0 Å². The van der Waals surface area contributed by atoms with Crippen LogP contribution in [0, 0.1) is 0 Å². The molecule has 25 heavy (non-hydrogen) atoms. The smallest absolute Gasteiger partial charge is 0.253 e. The maximum absolute atomic E-state index is 12.3. The molecule has 2 N–H and O–H groups in total. The summed E-state index contributed by atoms with van der Waals surface area (Å²) in [6, 6.07) is 4.82. The topological polar surface area (TPSA) is 70.9 Å². The molecular formula is C17H27ClN3O3S+. The standard InChI is InChI=1S/C17H26ClN3O3S/c1-3-20(4-2)11-9-19-17(22)15-8-7-14(13-16(15)18)21-10-5-6-12-25(21,23)24/h7-8,13H,3-6,9-12H2,1-2H3,(H,19,22)/p+1. The van der Waals surface area contributed by atoms with E-state index in [1.807, 2.05) is 0 Å². The number of rotatable bonds is 7. The Morgan fingerprint density at radius 2 is 2.00 bits per heavy atom. The molecule has 1 amide bonds. The lowest BCUT2D eigenvalue weighted by atomic mass is 10.2. The van der Waals surface area contributed by atoms with Crippen LogP contribution in [0.3, 0.4) is 0 Å². The van der Waals surface area contributed by atoms with Crippen LogP contribution in [-0.2, 0) is 10.0 Å². The van der Waals surface area contributed by atoms with Gasteiger partial charge >= 0.3 is 0 Å². The molecule has 0 saturated carbocycles. The fourth-order valence-corrected chi connectivity index (χ4v) is 4.87. The lowest BCUT2D eigenvalue weighted by Gasteiger charge is -2.28. The molecule has 1 heterocycles. The Balaban J connectivity index is 2.05. The summed E-state index contributed by atoms with van der Waals surface area (Å²) in [4.78, 5) is 13.7. The lowest BCUT2D eigenvalue weighted by molar-refractivity contribution is -0.895. The molecule has 0 bridgehead atoms. The van der Waals surface area contributed by atoms with Crippen molar-refractivity contribution in [1.82, 2.24) is 5.32 Å². The number of carbonyl (C=O) groups is 1. The van der Waals surface area contributed by atoms with Crippen molar-refractivity contribution in [3.05, 3.63) is 28.8 Å². The average Bonchev–Trinajstić information content (AvgIpc) is 2.58. The summed E-state index contributed by atoms with van der Waals surface area (Å²) in [5.74, 6) is -0.0785. The minimum atomic E-state index is -3.28. The van der Waals surface area contributed by atoms with E-state index in [4.69, 9.17) is 11.6 Å². The van der Waals surface area contributed by atoms with Gasteiger partial charge in [-0.15, -0.1) is 0 Å². The minimum Gasteiger partial charge on any atom is -0.346 e. The van der Waals surface area contributed by atoms with E-state index in [9.17, 15) is 13.2 Å². The summed E-state index contributed by atoms with van der Waals surface area (Å²) in [6.45, 7) is 8.17. The van der Waals surface area contributed by atoms with Crippen LogP contribution in [0.15, 0.2) is 18.2 Å². The first-order chi connectivity index (χ1) is 11.9. The van der Waals surface area contributed by atoms with Gasteiger partial charge in [0.1, 0.15) is 0 Å². The molecule has 140 valence electrons. The van der Waals surface area contributed by atoms with Crippen molar-refractivity contribution >= 4 is 33.2 Å². The zero-order valence-electron chi connectivity index (χ0n) is 14.8. The van der Waals surface area contributed by atoms with Crippen molar-refractivity contribution in [3.63, 3.8) is 0 Å². The maximum atomic E-state index is 12.3. The Bertz CT molecular complexity index is 705. The van der Waals surface area contributed by atoms with Gasteiger partial charge in [0, 0.05) is 6.54 Å². The zero-order chi connectivity index (χ0) is 18.4. The van der Waals surface area contributed by atoms with E-state index in [2.05, 4.69) is 19.2 Å². The van der Waals surface area contributed by atoms with Gasteiger partial charge in [-0.1, -0.05) is 11.6 Å². The summed E-state index contributed by atoms with van der Waals surface area (Å²) in [5.41, 5.74) is 0.892. The Kier molecular flexibility index (Phi) is 7.10. The second-order valence-electron chi connectivity index (χ2n) is 6.22. The van der Waals surface area contributed by atoms with Gasteiger partial charge in [-0.2, -0.15) is 0 Å². The monoisotopic (exact) mass is 388 g/mol. The Hall–Kier alpha value is -1.31. The number of quaternary nitrogens is 1. The van der Waals surface area contributed by atoms with E-state index in [1.54, 1.807) is 18.2 Å². The second-order valence-corrected chi connectivity index (χ2v) is 8.64. The predicted octanol–water partition coefficient (Wildman–Crippen LogP) is 0.925. The van der Waals surface area contributed by atoms with E-state index in [1.165, 1.54) is 9.21 Å². The number of anilines is 1. The van der Waals surface area contributed by atoms with E-state index < -0.39 is 10.0 Å². The van der Waals surface area contributed by atoms with Crippen LogP contribution in [0.25, 0.3) is 0 Å². The molecule has 1 aromatic carbocycles. The maximum Gasteiger partial charge on any atom is 0.253 e. The van der Waals surface area contributed by atoms with Crippen LogP contribution in [0.1, 0.15) is 37.0 Å². The van der Waals surface area contributed by atoms with Gasteiger partial charge in [0.25, 0.3) is 5.91 Å². The van der Waals surface area contributed by atoms with Crippen LogP contribution in [0.5, 0.6) is 0 Å². The molecule has 0 atom stereocenters. The first-order valence-electron chi connectivity index (χ1n) is 8.80. The van der Waals surface area contributed by atoms with Gasteiger partial charge < -0.3 is 10.2 Å². The van der Waals surface area contributed by atoms with Crippen molar-refractivity contribution in [3.8, 4) is 0 Å². The summed E-state index contributed by atoms with van der Waals surface area (Å²) in [7, 11) is -3.28.